The average molecular weight is 398 g/mol. The normalized spacial score (nSPS) is 23.3. The van der Waals surface area contributed by atoms with E-state index < -0.39 is 5.54 Å². The Balaban J connectivity index is 3.10. The molecule has 1 aromatic rings. The van der Waals surface area contributed by atoms with Crippen LogP contribution in [0.1, 0.15) is 33.3 Å². The third-order valence-electron chi connectivity index (χ3n) is 5.25. The van der Waals surface area contributed by atoms with Crippen LogP contribution in [0.25, 0.3) is 0 Å². The Morgan fingerprint density at radius 3 is 2.17 bits per heavy atom. The quantitative estimate of drug-likeness (QED) is 0.360. The van der Waals surface area contributed by atoms with Crippen molar-refractivity contribution < 1.29 is 4.79 Å². The van der Waals surface area contributed by atoms with E-state index in [2.05, 4.69) is 37.4 Å². The molecule has 0 bridgehead atoms. The van der Waals surface area contributed by atoms with Crippen LogP contribution in [0.4, 0.5) is 0 Å². The van der Waals surface area contributed by atoms with Crippen LogP contribution in [0.5, 0.6) is 0 Å². The second-order valence-electron chi connectivity index (χ2n) is 6.79. The summed E-state index contributed by atoms with van der Waals surface area (Å²) < 4.78 is 0. The Kier molecular flexibility index (Phi) is 7.94. The monoisotopic (exact) mass is 397 g/mol. The van der Waals surface area contributed by atoms with Crippen LogP contribution in [0.15, 0.2) is 127 Å². The summed E-state index contributed by atoms with van der Waals surface area (Å²) in [7, 11) is 0. The Bertz CT molecular complexity index is 983. The number of nitrogens with zero attached hydrogens (tertiary/aromatic N) is 1. The van der Waals surface area contributed by atoms with E-state index in [-0.39, 0.29) is 5.91 Å². The minimum atomic E-state index is -0.795. The van der Waals surface area contributed by atoms with Crippen LogP contribution < -0.4 is 0 Å². The Hall–Kier alpha value is -3.39. The molecule has 1 fully saturated rings. The summed E-state index contributed by atoms with van der Waals surface area (Å²) in [5, 5.41) is 0. The van der Waals surface area contributed by atoms with Gasteiger partial charge in [0, 0.05) is 11.3 Å². The van der Waals surface area contributed by atoms with Crippen molar-refractivity contribution in [3.8, 4) is 0 Å². The first-order valence-electron chi connectivity index (χ1n) is 10.2. The fraction of sp³-hybridized carbons (Fsp3) is 0.179. The molecule has 1 amide bonds. The van der Waals surface area contributed by atoms with Crippen molar-refractivity contribution in [2.75, 3.05) is 0 Å². The molecule has 0 aliphatic carbocycles. The number of carbonyl (C=O) groups excluding carboxylic acids is 1. The molecule has 2 heteroatoms. The standard InChI is InChI=1S/C28H31NO/c1-7-13-21-24(11-5)29-27(30)25(18-9-3)26(12-6)28(29,22(10-4)17-8-2)23-19-15-14-16-20-23/h7-21H,1,3H2,2,4-6H3/b17-8-,21-13-,22-10+,24-11+,25-18+,26-12+. The molecular weight excluding hydrogens is 366 g/mol. The van der Waals surface area contributed by atoms with Crippen LogP contribution in [0.3, 0.4) is 0 Å². The van der Waals surface area contributed by atoms with Gasteiger partial charge >= 0.3 is 0 Å². The molecule has 1 unspecified atom stereocenters. The summed E-state index contributed by atoms with van der Waals surface area (Å²) in [6.07, 6.45) is 19.2. The lowest BCUT2D eigenvalue weighted by atomic mass is 9.75. The maximum Gasteiger partial charge on any atom is 0.259 e. The van der Waals surface area contributed by atoms with Crippen molar-refractivity contribution in [1.29, 1.82) is 0 Å². The van der Waals surface area contributed by atoms with Gasteiger partial charge in [0.15, 0.2) is 0 Å². The van der Waals surface area contributed by atoms with E-state index in [1.165, 1.54) is 0 Å². The summed E-state index contributed by atoms with van der Waals surface area (Å²) in [5.74, 6) is -0.0579. The molecular formula is C28H31NO. The SMILES string of the molecule is C=C/C=C\C(=C/C)N1C(=O)C(=C/C=C)/C(=C\C)C1(C(/C=C\C)=C/C)c1ccccc1. The highest BCUT2D eigenvalue weighted by molar-refractivity contribution is 6.06. The summed E-state index contributed by atoms with van der Waals surface area (Å²) in [6.45, 7) is 15.6. The summed E-state index contributed by atoms with van der Waals surface area (Å²) in [6, 6.07) is 10.2. The van der Waals surface area contributed by atoms with Gasteiger partial charge in [-0.3, -0.25) is 9.69 Å². The zero-order chi connectivity index (χ0) is 22.1. The Labute approximate surface area is 181 Å². The number of amides is 1. The van der Waals surface area contributed by atoms with Crippen molar-refractivity contribution in [3.05, 3.63) is 132 Å². The predicted octanol–water partition coefficient (Wildman–Crippen LogP) is 6.95. The van der Waals surface area contributed by atoms with Crippen LogP contribution in [0, 0.1) is 0 Å². The van der Waals surface area contributed by atoms with Gasteiger partial charge in [0.1, 0.15) is 5.54 Å². The molecule has 0 saturated carbocycles. The number of hydrogen-bond donors (Lipinski definition) is 0. The molecule has 0 N–H and O–H groups in total. The van der Waals surface area contributed by atoms with E-state index >= 15 is 0 Å². The lowest BCUT2D eigenvalue weighted by molar-refractivity contribution is -0.125. The fourth-order valence-corrected chi connectivity index (χ4v) is 4.14. The van der Waals surface area contributed by atoms with Gasteiger partial charge in [-0.25, -0.2) is 0 Å². The summed E-state index contributed by atoms with van der Waals surface area (Å²) in [5.41, 5.74) is 3.64. The second kappa shape index (κ2) is 10.4. The average Bonchev–Trinajstić information content (AvgIpc) is 3.02. The van der Waals surface area contributed by atoms with E-state index in [0.717, 1.165) is 22.4 Å². The second-order valence-corrected chi connectivity index (χ2v) is 6.79. The van der Waals surface area contributed by atoms with E-state index in [0.29, 0.717) is 5.57 Å². The van der Waals surface area contributed by atoms with E-state index in [1.54, 1.807) is 12.2 Å². The third-order valence-corrected chi connectivity index (χ3v) is 5.25. The van der Waals surface area contributed by atoms with Crippen molar-refractivity contribution >= 4 is 5.91 Å². The van der Waals surface area contributed by atoms with Gasteiger partial charge in [-0.15, -0.1) is 0 Å². The molecule has 0 radical (unpaired) electrons. The van der Waals surface area contributed by atoms with Crippen molar-refractivity contribution in [2.24, 2.45) is 0 Å². The maximum atomic E-state index is 13.9. The number of likely N-dealkylation sites (tertiary alicyclic amines) is 1. The minimum absolute atomic E-state index is 0.0579. The third kappa shape index (κ3) is 3.73. The van der Waals surface area contributed by atoms with E-state index in [1.807, 2.05) is 87.3 Å². The zero-order valence-electron chi connectivity index (χ0n) is 18.4. The highest BCUT2D eigenvalue weighted by Crippen LogP contribution is 2.53. The lowest BCUT2D eigenvalue weighted by Crippen LogP contribution is -2.44. The topological polar surface area (TPSA) is 20.3 Å². The first-order valence-corrected chi connectivity index (χ1v) is 10.2. The molecule has 30 heavy (non-hydrogen) atoms. The van der Waals surface area contributed by atoms with Gasteiger partial charge in [0.2, 0.25) is 0 Å². The number of hydrogen-bond acceptors (Lipinski definition) is 1. The van der Waals surface area contributed by atoms with Crippen LogP contribution >= 0.6 is 0 Å². The molecule has 1 aliphatic rings. The number of allylic oxidation sites excluding steroid dienone is 9. The van der Waals surface area contributed by atoms with E-state index in [9.17, 15) is 4.79 Å². The number of benzene rings is 1. The Morgan fingerprint density at radius 2 is 1.67 bits per heavy atom. The number of rotatable bonds is 7. The van der Waals surface area contributed by atoms with E-state index in [4.69, 9.17) is 0 Å². The molecule has 0 aromatic heterocycles. The van der Waals surface area contributed by atoms with Gasteiger partial charge in [-0.1, -0.05) is 92.1 Å². The van der Waals surface area contributed by atoms with Crippen LogP contribution in [-0.2, 0) is 10.3 Å². The maximum absolute atomic E-state index is 13.9. The zero-order valence-corrected chi connectivity index (χ0v) is 18.4. The minimum Gasteiger partial charge on any atom is -0.290 e. The van der Waals surface area contributed by atoms with Crippen molar-refractivity contribution in [1.82, 2.24) is 4.90 Å². The lowest BCUT2D eigenvalue weighted by Gasteiger charge is -2.41. The van der Waals surface area contributed by atoms with Gasteiger partial charge in [-0.2, -0.15) is 0 Å². The molecule has 1 aromatic carbocycles. The highest BCUT2D eigenvalue weighted by atomic mass is 16.2. The summed E-state index contributed by atoms with van der Waals surface area (Å²) in [4.78, 5) is 15.8. The molecule has 1 aliphatic heterocycles. The van der Waals surface area contributed by atoms with Gasteiger partial charge in [0.05, 0.1) is 0 Å². The highest BCUT2D eigenvalue weighted by Gasteiger charge is 2.55. The van der Waals surface area contributed by atoms with Gasteiger partial charge < -0.3 is 0 Å². The van der Waals surface area contributed by atoms with Crippen molar-refractivity contribution in [2.45, 2.75) is 33.2 Å². The summed E-state index contributed by atoms with van der Waals surface area (Å²) >= 11 is 0. The first kappa shape index (κ1) is 22.9. The first-order chi connectivity index (χ1) is 14.6. The Morgan fingerprint density at radius 1 is 0.967 bits per heavy atom. The van der Waals surface area contributed by atoms with Crippen LogP contribution in [0.2, 0.25) is 0 Å². The molecule has 1 saturated heterocycles. The van der Waals surface area contributed by atoms with Crippen molar-refractivity contribution in [3.63, 3.8) is 0 Å². The number of carbonyl (C=O) groups is 1. The van der Waals surface area contributed by atoms with Crippen LogP contribution in [-0.4, -0.2) is 10.8 Å². The predicted molar refractivity (Wildman–Crippen MR) is 129 cm³/mol. The molecule has 154 valence electrons. The smallest absolute Gasteiger partial charge is 0.259 e. The molecule has 2 rings (SSSR count). The largest absolute Gasteiger partial charge is 0.290 e. The molecule has 0 spiro atoms. The van der Waals surface area contributed by atoms with Gasteiger partial charge in [-0.05, 0) is 56.6 Å². The fourth-order valence-electron chi connectivity index (χ4n) is 4.14. The molecule has 1 heterocycles. The molecule has 1 atom stereocenters. The molecule has 2 nitrogen and oxygen atoms in total. The van der Waals surface area contributed by atoms with Gasteiger partial charge in [0.25, 0.3) is 5.91 Å².